The maximum Gasteiger partial charge on any atom is 0.303 e. The Bertz CT molecular complexity index is 456. The summed E-state index contributed by atoms with van der Waals surface area (Å²) >= 11 is 6.38. The van der Waals surface area contributed by atoms with Crippen molar-refractivity contribution in [1.29, 1.82) is 0 Å². The van der Waals surface area contributed by atoms with Crippen LogP contribution in [0.3, 0.4) is 0 Å². The summed E-state index contributed by atoms with van der Waals surface area (Å²) in [6.45, 7) is 5.02. The normalized spacial score (nSPS) is 34.6. The van der Waals surface area contributed by atoms with E-state index in [0.29, 0.717) is 19.5 Å². The van der Waals surface area contributed by atoms with Gasteiger partial charge in [-0.15, -0.1) is 11.6 Å². The van der Waals surface area contributed by atoms with Crippen LogP contribution in [0.2, 0.25) is 0 Å². The topological polar surface area (TPSA) is 82.1 Å². The Balaban J connectivity index is 2.21. The van der Waals surface area contributed by atoms with Crippen LogP contribution in [-0.2, 0) is 28.6 Å². The highest BCUT2D eigenvalue weighted by atomic mass is 35.5. The number of esters is 3. The van der Waals surface area contributed by atoms with E-state index in [9.17, 15) is 14.4 Å². The van der Waals surface area contributed by atoms with Crippen LogP contribution in [0, 0.1) is 0 Å². The van der Waals surface area contributed by atoms with E-state index in [1.165, 1.54) is 20.8 Å². The Morgan fingerprint density at radius 1 is 0.955 bits per heavy atom. The van der Waals surface area contributed by atoms with Crippen molar-refractivity contribution in [2.45, 2.75) is 56.9 Å². The molecule has 124 valence electrons. The summed E-state index contributed by atoms with van der Waals surface area (Å²) in [6, 6.07) is -0.317. The molecule has 0 bridgehead atoms. The monoisotopic (exact) mass is 333 g/mol. The first-order chi connectivity index (χ1) is 10.3. The van der Waals surface area contributed by atoms with Gasteiger partial charge in [0.2, 0.25) is 0 Å². The van der Waals surface area contributed by atoms with Crippen LogP contribution in [-0.4, -0.2) is 65.6 Å². The molecule has 5 atom stereocenters. The minimum Gasteiger partial charge on any atom is -0.461 e. The van der Waals surface area contributed by atoms with Crippen molar-refractivity contribution in [3.63, 3.8) is 0 Å². The van der Waals surface area contributed by atoms with Crippen molar-refractivity contribution in [2.24, 2.45) is 0 Å². The first-order valence-corrected chi connectivity index (χ1v) is 7.63. The number of carbonyl (C=O) groups excluding carboxylic acids is 3. The second-order valence-electron chi connectivity index (χ2n) is 5.59. The van der Waals surface area contributed by atoms with Crippen LogP contribution in [0.4, 0.5) is 0 Å². The lowest BCUT2D eigenvalue weighted by atomic mass is 9.94. The number of halogens is 1. The summed E-state index contributed by atoms with van der Waals surface area (Å²) in [5.41, 5.74) is 0. The zero-order valence-corrected chi connectivity index (χ0v) is 13.5. The average Bonchev–Trinajstić information content (AvgIpc) is 2.75. The SMILES string of the molecule is CC(=O)O[C@H]1[C@H](Cl)[C@@H](OC(C)=O)CN2CC[C@H](OC(C)=O)[C@H]12. The van der Waals surface area contributed by atoms with Gasteiger partial charge in [0.25, 0.3) is 0 Å². The predicted octanol–water partition coefficient (Wildman–Crippen LogP) is 0.477. The summed E-state index contributed by atoms with van der Waals surface area (Å²) < 4.78 is 15.9. The van der Waals surface area contributed by atoms with Gasteiger partial charge in [0.05, 0.1) is 6.04 Å². The standard InChI is InChI=1S/C14H20ClNO6/c1-7(17)20-10-4-5-16-6-11(21-8(2)18)12(15)14(13(10)16)22-9(3)19/h10-14H,4-6H2,1-3H3/t10-,11-,12+,13+,14-/m0/s1. The fourth-order valence-corrected chi connectivity index (χ4v) is 3.53. The molecule has 0 unspecified atom stereocenters. The van der Waals surface area contributed by atoms with Crippen LogP contribution in [0.5, 0.6) is 0 Å². The first kappa shape index (κ1) is 17.0. The van der Waals surface area contributed by atoms with Crippen LogP contribution < -0.4 is 0 Å². The maximum atomic E-state index is 11.4. The van der Waals surface area contributed by atoms with Gasteiger partial charge in [-0.2, -0.15) is 0 Å². The van der Waals surface area contributed by atoms with Crippen molar-refractivity contribution < 1.29 is 28.6 Å². The summed E-state index contributed by atoms with van der Waals surface area (Å²) in [7, 11) is 0. The Hall–Kier alpha value is -1.34. The molecule has 7 nitrogen and oxygen atoms in total. The smallest absolute Gasteiger partial charge is 0.303 e. The Labute approximate surface area is 133 Å². The zero-order valence-electron chi connectivity index (χ0n) is 12.8. The van der Waals surface area contributed by atoms with E-state index in [1.807, 2.05) is 4.90 Å². The Kier molecular flexibility index (Phi) is 5.28. The second kappa shape index (κ2) is 6.83. The molecule has 0 aliphatic carbocycles. The highest BCUT2D eigenvalue weighted by Crippen LogP contribution is 2.35. The van der Waals surface area contributed by atoms with Gasteiger partial charge in [-0.1, -0.05) is 0 Å². The number of alkyl halides is 1. The molecule has 0 amide bonds. The van der Waals surface area contributed by atoms with Gasteiger partial charge in [0.15, 0.2) is 0 Å². The molecule has 2 heterocycles. The quantitative estimate of drug-likeness (QED) is 0.422. The van der Waals surface area contributed by atoms with Crippen molar-refractivity contribution >= 4 is 29.5 Å². The molecule has 2 rings (SSSR count). The number of nitrogens with zero attached hydrogens (tertiary/aromatic N) is 1. The molecule has 22 heavy (non-hydrogen) atoms. The van der Waals surface area contributed by atoms with Gasteiger partial charge in [-0.25, -0.2) is 0 Å². The molecule has 0 spiro atoms. The average molecular weight is 334 g/mol. The molecule has 2 aliphatic rings. The van der Waals surface area contributed by atoms with Crippen LogP contribution in [0.15, 0.2) is 0 Å². The van der Waals surface area contributed by atoms with E-state index in [4.69, 9.17) is 25.8 Å². The van der Waals surface area contributed by atoms with Crippen molar-refractivity contribution in [1.82, 2.24) is 4.90 Å². The third-order valence-corrected chi connectivity index (χ3v) is 4.39. The van der Waals surface area contributed by atoms with Crippen LogP contribution >= 0.6 is 11.6 Å². The van der Waals surface area contributed by atoms with E-state index in [0.717, 1.165) is 0 Å². The summed E-state index contributed by atoms with van der Waals surface area (Å²) in [5, 5.41) is -0.690. The van der Waals surface area contributed by atoms with E-state index >= 15 is 0 Å². The molecule has 2 saturated heterocycles. The molecule has 0 aromatic heterocycles. The van der Waals surface area contributed by atoms with E-state index < -0.39 is 29.5 Å². The third-order valence-electron chi connectivity index (χ3n) is 3.86. The summed E-state index contributed by atoms with van der Waals surface area (Å²) in [6.07, 6.45) is -1.04. The molecule has 8 heteroatoms. The minimum atomic E-state index is -0.705. The third kappa shape index (κ3) is 3.70. The molecular formula is C14H20ClNO6. The summed E-state index contributed by atoms with van der Waals surface area (Å²) in [5.74, 6) is -1.30. The molecule has 0 aromatic rings. The number of ether oxygens (including phenoxy) is 3. The van der Waals surface area contributed by atoms with E-state index in [-0.39, 0.29) is 18.1 Å². The fraction of sp³-hybridized carbons (Fsp3) is 0.786. The highest BCUT2D eigenvalue weighted by molar-refractivity contribution is 6.21. The number of fused-ring (bicyclic) bond motifs is 1. The maximum absolute atomic E-state index is 11.4. The number of hydrogen-bond acceptors (Lipinski definition) is 7. The molecule has 0 saturated carbocycles. The van der Waals surface area contributed by atoms with Crippen LogP contribution in [0.1, 0.15) is 27.2 Å². The second-order valence-corrected chi connectivity index (χ2v) is 6.09. The highest BCUT2D eigenvalue weighted by Gasteiger charge is 2.53. The van der Waals surface area contributed by atoms with E-state index in [2.05, 4.69) is 0 Å². The summed E-state index contributed by atoms with van der Waals surface area (Å²) in [4.78, 5) is 35.8. The predicted molar refractivity (Wildman–Crippen MR) is 76.3 cm³/mol. The Morgan fingerprint density at radius 3 is 2.05 bits per heavy atom. The van der Waals surface area contributed by atoms with Crippen molar-refractivity contribution in [3.05, 3.63) is 0 Å². The molecule has 0 N–H and O–H groups in total. The fourth-order valence-electron chi connectivity index (χ4n) is 3.20. The Morgan fingerprint density at radius 2 is 1.50 bits per heavy atom. The number of rotatable bonds is 3. The van der Waals surface area contributed by atoms with Crippen molar-refractivity contribution in [3.8, 4) is 0 Å². The van der Waals surface area contributed by atoms with Gasteiger partial charge >= 0.3 is 17.9 Å². The van der Waals surface area contributed by atoms with Gasteiger partial charge in [-0.05, 0) is 6.42 Å². The van der Waals surface area contributed by atoms with Gasteiger partial charge in [0.1, 0.15) is 23.7 Å². The lowest BCUT2D eigenvalue weighted by molar-refractivity contribution is -0.168. The van der Waals surface area contributed by atoms with Gasteiger partial charge < -0.3 is 14.2 Å². The molecular weight excluding hydrogens is 314 g/mol. The lowest BCUT2D eigenvalue weighted by Gasteiger charge is -2.43. The first-order valence-electron chi connectivity index (χ1n) is 7.19. The molecule has 0 aromatic carbocycles. The van der Waals surface area contributed by atoms with Crippen LogP contribution in [0.25, 0.3) is 0 Å². The molecule has 2 fully saturated rings. The van der Waals surface area contributed by atoms with E-state index in [1.54, 1.807) is 0 Å². The molecule has 2 aliphatic heterocycles. The lowest BCUT2D eigenvalue weighted by Crippen LogP contribution is -2.62. The zero-order chi connectivity index (χ0) is 16.4. The number of hydrogen-bond donors (Lipinski definition) is 0. The largest absolute Gasteiger partial charge is 0.461 e. The minimum absolute atomic E-state index is 0.317. The number of piperidine rings is 1. The van der Waals surface area contributed by atoms with Crippen molar-refractivity contribution in [2.75, 3.05) is 13.1 Å². The molecule has 0 radical (unpaired) electrons. The van der Waals surface area contributed by atoms with Gasteiger partial charge in [-0.3, -0.25) is 19.3 Å². The van der Waals surface area contributed by atoms with Gasteiger partial charge in [0, 0.05) is 33.9 Å². The number of carbonyl (C=O) groups is 3.